The lowest BCUT2D eigenvalue weighted by Gasteiger charge is -2.10. The van der Waals surface area contributed by atoms with E-state index in [-0.39, 0.29) is 5.91 Å². The van der Waals surface area contributed by atoms with Crippen molar-refractivity contribution in [2.45, 2.75) is 24.5 Å². The zero-order valence-electron chi connectivity index (χ0n) is 16.0. The van der Waals surface area contributed by atoms with E-state index in [0.717, 1.165) is 38.2 Å². The Balaban J connectivity index is 1.47. The molecule has 0 atom stereocenters. The third-order valence-electron chi connectivity index (χ3n) is 4.51. The monoisotopic (exact) mass is 421 g/mol. The quantitative estimate of drug-likeness (QED) is 0.389. The number of thiazole rings is 1. The summed E-state index contributed by atoms with van der Waals surface area (Å²) in [6.45, 7) is 3.84. The maximum Gasteiger partial charge on any atom is 0.256 e. The molecule has 0 fully saturated rings. The Morgan fingerprint density at radius 3 is 2.62 bits per heavy atom. The highest BCUT2D eigenvalue weighted by molar-refractivity contribution is 7.98. The van der Waals surface area contributed by atoms with Crippen LogP contribution < -0.4 is 5.32 Å². The number of carbonyl (C=O) groups excluding carboxylic acids is 1. The Bertz CT molecular complexity index is 1100. The fourth-order valence-corrected chi connectivity index (χ4v) is 4.75. The lowest BCUT2D eigenvalue weighted by molar-refractivity contribution is 0.102. The van der Waals surface area contributed by atoms with E-state index in [1.807, 2.05) is 67.8 Å². The van der Waals surface area contributed by atoms with Gasteiger partial charge < -0.3 is 9.84 Å². The Labute approximate surface area is 177 Å². The zero-order valence-corrected chi connectivity index (χ0v) is 17.6. The first-order valence-corrected chi connectivity index (χ1v) is 10.9. The molecule has 1 N–H and O–H groups in total. The molecule has 2 aromatic carbocycles. The highest BCUT2D eigenvalue weighted by atomic mass is 32.2. The van der Waals surface area contributed by atoms with Crippen molar-refractivity contribution in [1.82, 2.24) is 10.1 Å². The van der Waals surface area contributed by atoms with Gasteiger partial charge in [0.15, 0.2) is 0 Å². The highest BCUT2D eigenvalue weighted by Crippen LogP contribution is 2.29. The van der Waals surface area contributed by atoms with Crippen molar-refractivity contribution < 1.29 is 9.32 Å². The molecule has 4 aromatic rings. The molecule has 0 spiro atoms. The highest BCUT2D eigenvalue weighted by Gasteiger charge is 2.14. The summed E-state index contributed by atoms with van der Waals surface area (Å²) in [5.41, 5.74) is 4.39. The van der Waals surface area contributed by atoms with Crippen LogP contribution in [0.15, 0.2) is 69.5 Å². The number of aromatic nitrogens is 2. The number of anilines is 1. The number of thioether (sulfide) groups is 1. The number of hydrogen-bond acceptors (Lipinski definition) is 6. The Morgan fingerprint density at radius 2 is 1.93 bits per heavy atom. The van der Waals surface area contributed by atoms with E-state index in [4.69, 9.17) is 4.52 Å². The minimum atomic E-state index is -0.131. The molecule has 0 radical (unpaired) electrons. The van der Waals surface area contributed by atoms with Crippen LogP contribution in [-0.4, -0.2) is 16.0 Å². The smallest absolute Gasteiger partial charge is 0.256 e. The summed E-state index contributed by atoms with van der Waals surface area (Å²) in [6.07, 6.45) is 1.78. The second-order valence-electron chi connectivity index (χ2n) is 6.46. The van der Waals surface area contributed by atoms with Gasteiger partial charge >= 0.3 is 0 Å². The van der Waals surface area contributed by atoms with Gasteiger partial charge in [-0.15, -0.1) is 23.1 Å². The molecule has 0 bridgehead atoms. The Morgan fingerprint density at radius 1 is 1.14 bits per heavy atom. The number of aryl methyl sites for hydroxylation is 2. The van der Waals surface area contributed by atoms with Gasteiger partial charge in [-0.25, -0.2) is 4.98 Å². The van der Waals surface area contributed by atoms with Crippen LogP contribution in [0.2, 0.25) is 0 Å². The lowest BCUT2D eigenvalue weighted by atomic mass is 10.2. The Hall–Kier alpha value is -2.90. The minimum absolute atomic E-state index is 0.131. The summed E-state index contributed by atoms with van der Waals surface area (Å²) >= 11 is 3.19. The molecule has 0 aliphatic rings. The third kappa shape index (κ3) is 4.41. The van der Waals surface area contributed by atoms with Gasteiger partial charge in [0.1, 0.15) is 10.8 Å². The van der Waals surface area contributed by atoms with Gasteiger partial charge in [0, 0.05) is 39.0 Å². The van der Waals surface area contributed by atoms with Crippen LogP contribution >= 0.6 is 23.1 Å². The van der Waals surface area contributed by atoms with Gasteiger partial charge in [0.05, 0.1) is 11.3 Å². The second kappa shape index (κ2) is 8.63. The summed E-state index contributed by atoms with van der Waals surface area (Å²) in [4.78, 5) is 18.1. The van der Waals surface area contributed by atoms with E-state index in [0.29, 0.717) is 11.3 Å². The van der Waals surface area contributed by atoms with Gasteiger partial charge in [-0.1, -0.05) is 17.3 Å². The third-order valence-corrected chi connectivity index (χ3v) is 6.43. The number of rotatable bonds is 6. The molecule has 0 saturated carbocycles. The van der Waals surface area contributed by atoms with Crippen molar-refractivity contribution in [3.63, 3.8) is 0 Å². The van der Waals surface area contributed by atoms with Crippen LogP contribution in [0.4, 0.5) is 5.69 Å². The van der Waals surface area contributed by atoms with Gasteiger partial charge in [-0.2, -0.15) is 0 Å². The van der Waals surface area contributed by atoms with Gasteiger partial charge in [-0.3, -0.25) is 4.79 Å². The standard InChI is InChI=1S/C22H19N3O2S2/c1-14-19(15(2)27-25-14)13-29-20-6-4-3-5-18(20)21(26)24-17-9-7-16(8-10-17)22-23-11-12-28-22/h3-12H,13H2,1-2H3,(H,24,26). The van der Waals surface area contributed by atoms with Crippen molar-refractivity contribution in [3.05, 3.63) is 82.7 Å². The lowest BCUT2D eigenvalue weighted by Crippen LogP contribution is -2.12. The summed E-state index contributed by atoms with van der Waals surface area (Å²) in [7, 11) is 0. The van der Waals surface area contributed by atoms with E-state index in [9.17, 15) is 4.79 Å². The van der Waals surface area contributed by atoms with Crippen molar-refractivity contribution in [2.75, 3.05) is 5.32 Å². The van der Waals surface area contributed by atoms with Gasteiger partial charge in [-0.05, 0) is 50.2 Å². The summed E-state index contributed by atoms with van der Waals surface area (Å²) in [5, 5.41) is 9.89. The zero-order chi connectivity index (χ0) is 20.2. The van der Waals surface area contributed by atoms with E-state index in [1.165, 1.54) is 0 Å². The molecule has 2 aromatic heterocycles. The number of benzene rings is 2. The predicted octanol–water partition coefficient (Wildman–Crippen LogP) is 5.96. The topological polar surface area (TPSA) is 68.0 Å². The number of nitrogens with one attached hydrogen (secondary N) is 1. The molecule has 0 saturated heterocycles. The molecular weight excluding hydrogens is 402 g/mol. The van der Waals surface area contributed by atoms with Crippen LogP contribution in [0.1, 0.15) is 27.4 Å². The van der Waals surface area contributed by atoms with Crippen LogP contribution in [0.25, 0.3) is 10.6 Å². The van der Waals surface area contributed by atoms with E-state index >= 15 is 0 Å². The van der Waals surface area contributed by atoms with E-state index < -0.39 is 0 Å². The minimum Gasteiger partial charge on any atom is -0.361 e. The molecule has 0 aliphatic heterocycles. The summed E-state index contributed by atoms with van der Waals surface area (Å²) in [5.74, 6) is 1.39. The van der Waals surface area contributed by atoms with Gasteiger partial charge in [0.25, 0.3) is 5.91 Å². The summed E-state index contributed by atoms with van der Waals surface area (Å²) in [6, 6.07) is 15.3. The average Bonchev–Trinajstić information content (AvgIpc) is 3.38. The normalized spacial score (nSPS) is 10.8. The van der Waals surface area contributed by atoms with E-state index in [2.05, 4.69) is 15.5 Å². The SMILES string of the molecule is Cc1noc(C)c1CSc1ccccc1C(=O)Nc1ccc(-c2nccs2)cc1. The number of carbonyl (C=O) groups is 1. The first-order valence-electron chi connectivity index (χ1n) is 9.06. The first kappa shape index (κ1) is 19.4. The second-order valence-corrected chi connectivity index (χ2v) is 8.37. The van der Waals surface area contributed by atoms with Crippen molar-refractivity contribution in [3.8, 4) is 10.6 Å². The maximum absolute atomic E-state index is 12.9. The molecule has 5 nitrogen and oxygen atoms in total. The molecule has 0 unspecified atom stereocenters. The summed E-state index contributed by atoms with van der Waals surface area (Å²) < 4.78 is 5.23. The predicted molar refractivity (Wildman–Crippen MR) is 117 cm³/mol. The fraction of sp³-hybridized carbons (Fsp3) is 0.136. The fourth-order valence-electron chi connectivity index (χ4n) is 2.90. The van der Waals surface area contributed by atoms with Crippen LogP contribution in [0, 0.1) is 13.8 Å². The number of nitrogens with zero attached hydrogens (tertiary/aromatic N) is 2. The molecular formula is C22H19N3O2S2. The van der Waals surface area contributed by atoms with Crippen molar-refractivity contribution in [2.24, 2.45) is 0 Å². The van der Waals surface area contributed by atoms with Crippen molar-refractivity contribution in [1.29, 1.82) is 0 Å². The molecule has 146 valence electrons. The molecule has 0 aliphatic carbocycles. The molecule has 7 heteroatoms. The molecule has 4 rings (SSSR count). The van der Waals surface area contributed by atoms with Crippen LogP contribution in [-0.2, 0) is 5.75 Å². The largest absolute Gasteiger partial charge is 0.361 e. The number of hydrogen-bond donors (Lipinski definition) is 1. The van der Waals surface area contributed by atoms with Crippen molar-refractivity contribution >= 4 is 34.7 Å². The van der Waals surface area contributed by atoms with E-state index in [1.54, 1.807) is 29.3 Å². The molecule has 29 heavy (non-hydrogen) atoms. The van der Waals surface area contributed by atoms with Crippen LogP contribution in [0.3, 0.4) is 0 Å². The maximum atomic E-state index is 12.9. The molecule has 2 heterocycles. The first-order chi connectivity index (χ1) is 14.1. The van der Waals surface area contributed by atoms with Gasteiger partial charge in [0.2, 0.25) is 0 Å². The number of amides is 1. The molecule has 1 amide bonds. The van der Waals surface area contributed by atoms with Crippen LogP contribution in [0.5, 0.6) is 0 Å². The average molecular weight is 422 g/mol. The Kier molecular flexibility index (Phi) is 5.78.